The molecule has 1 aromatic heterocycles. The molecule has 0 aliphatic heterocycles. The molecule has 1 aromatic carbocycles. The number of primary amides is 1. The lowest BCUT2D eigenvalue weighted by Crippen LogP contribution is -2.34. The molecule has 3 nitrogen and oxygen atoms in total. The van der Waals surface area contributed by atoms with Crippen molar-refractivity contribution in [3.05, 3.63) is 71.5 Å². The number of halogens is 2. The van der Waals surface area contributed by atoms with Crippen molar-refractivity contribution in [2.45, 2.75) is 31.1 Å². The van der Waals surface area contributed by atoms with Crippen LogP contribution in [0.3, 0.4) is 0 Å². The number of allylic oxidation sites excluding steroid dienone is 4. The van der Waals surface area contributed by atoms with Crippen molar-refractivity contribution in [2.24, 2.45) is 11.7 Å². The van der Waals surface area contributed by atoms with Crippen LogP contribution in [0.4, 0.5) is 8.78 Å². The van der Waals surface area contributed by atoms with Crippen molar-refractivity contribution in [3.8, 4) is 11.3 Å². The highest BCUT2D eigenvalue weighted by atomic mass is 19.1. The summed E-state index contributed by atoms with van der Waals surface area (Å²) in [6.45, 7) is 0. The molecule has 1 amide bonds. The second kappa shape index (κ2) is 6.56. The predicted octanol–water partition coefficient (Wildman–Crippen LogP) is 4.70. The smallest absolute Gasteiger partial charge is 0.220 e. The van der Waals surface area contributed by atoms with Crippen molar-refractivity contribution in [2.75, 3.05) is 0 Å². The molecule has 4 rings (SSSR count). The van der Waals surface area contributed by atoms with Crippen LogP contribution in [-0.4, -0.2) is 10.9 Å². The first-order valence-corrected chi connectivity index (χ1v) is 8.83. The molecule has 0 saturated heterocycles. The van der Waals surface area contributed by atoms with Crippen LogP contribution >= 0.6 is 0 Å². The number of nitrogens with two attached hydrogens (primary N) is 1. The molecule has 2 aliphatic carbocycles. The molecule has 1 unspecified atom stereocenters. The number of aromatic nitrogens is 1. The number of carbonyl (C=O) groups is 1. The molecular weight excluding hydrogens is 334 g/mol. The lowest BCUT2D eigenvalue weighted by molar-refractivity contribution is -0.124. The minimum absolute atomic E-state index is 0.0614. The standard InChI is InChI=1S/C21H20F2N2O/c22-16-5-1-12(2-6-16)19-11-18(14-9-15(10-14)21(24)26)20(25-19)13-3-7-17(23)8-4-13/h1-3,5-8,11,13-15,25H,4,9-10H2,(H2,24,26). The molecule has 0 radical (unpaired) electrons. The average Bonchev–Trinajstić information content (AvgIpc) is 2.99. The van der Waals surface area contributed by atoms with Crippen LogP contribution in [0.1, 0.15) is 42.4 Å². The Kier molecular flexibility index (Phi) is 4.23. The van der Waals surface area contributed by atoms with Crippen molar-refractivity contribution in [1.82, 2.24) is 4.98 Å². The van der Waals surface area contributed by atoms with Crippen molar-refractivity contribution in [3.63, 3.8) is 0 Å². The minimum atomic E-state index is -0.278. The fourth-order valence-electron chi connectivity index (χ4n) is 3.83. The van der Waals surface area contributed by atoms with E-state index in [4.69, 9.17) is 5.73 Å². The summed E-state index contributed by atoms with van der Waals surface area (Å²) in [6, 6.07) is 8.41. The van der Waals surface area contributed by atoms with Gasteiger partial charge in [0.2, 0.25) is 5.91 Å². The van der Waals surface area contributed by atoms with Crippen LogP contribution in [0, 0.1) is 11.7 Å². The highest BCUT2D eigenvalue weighted by molar-refractivity contribution is 5.78. The van der Waals surface area contributed by atoms with E-state index in [1.807, 2.05) is 6.08 Å². The molecule has 1 atom stereocenters. The topological polar surface area (TPSA) is 58.9 Å². The van der Waals surface area contributed by atoms with Crippen LogP contribution in [-0.2, 0) is 4.79 Å². The molecule has 3 N–H and O–H groups in total. The van der Waals surface area contributed by atoms with E-state index in [9.17, 15) is 13.6 Å². The molecule has 26 heavy (non-hydrogen) atoms. The third-order valence-electron chi connectivity index (χ3n) is 5.44. The first-order valence-electron chi connectivity index (χ1n) is 8.83. The maximum atomic E-state index is 13.3. The van der Waals surface area contributed by atoms with Crippen LogP contribution < -0.4 is 5.73 Å². The van der Waals surface area contributed by atoms with E-state index in [0.717, 1.165) is 35.4 Å². The lowest BCUT2D eigenvalue weighted by Gasteiger charge is -2.34. The van der Waals surface area contributed by atoms with E-state index < -0.39 is 0 Å². The van der Waals surface area contributed by atoms with Gasteiger partial charge in [-0.05, 0) is 78.8 Å². The molecular formula is C21H20F2N2O. The fourth-order valence-corrected chi connectivity index (χ4v) is 3.83. The van der Waals surface area contributed by atoms with E-state index in [1.165, 1.54) is 18.2 Å². The normalized spacial score (nSPS) is 24.8. The summed E-state index contributed by atoms with van der Waals surface area (Å²) >= 11 is 0. The Balaban J connectivity index is 1.68. The van der Waals surface area contributed by atoms with Gasteiger partial charge in [0.15, 0.2) is 0 Å². The molecule has 5 heteroatoms. The van der Waals surface area contributed by atoms with E-state index in [0.29, 0.717) is 6.42 Å². The van der Waals surface area contributed by atoms with Gasteiger partial charge in [0.05, 0.1) is 0 Å². The van der Waals surface area contributed by atoms with E-state index in [2.05, 4.69) is 11.1 Å². The number of nitrogens with one attached hydrogen (secondary N) is 1. The number of H-pyrrole nitrogens is 1. The van der Waals surface area contributed by atoms with Crippen LogP contribution in [0.2, 0.25) is 0 Å². The summed E-state index contributed by atoms with van der Waals surface area (Å²) in [5.74, 6) is -0.496. The summed E-state index contributed by atoms with van der Waals surface area (Å²) in [5, 5.41) is 0. The zero-order valence-electron chi connectivity index (χ0n) is 14.2. The van der Waals surface area contributed by atoms with Crippen molar-refractivity contribution >= 4 is 5.91 Å². The Morgan fingerprint density at radius 3 is 2.50 bits per heavy atom. The number of hydrogen-bond acceptors (Lipinski definition) is 1. The highest BCUT2D eigenvalue weighted by Crippen LogP contribution is 2.46. The molecule has 1 heterocycles. The van der Waals surface area contributed by atoms with E-state index in [-0.39, 0.29) is 35.3 Å². The first kappa shape index (κ1) is 16.8. The molecule has 2 aliphatic rings. The SMILES string of the molecule is NC(=O)C1CC(c2cc(-c3ccc(F)cc3)[nH]c2C2C=CC(F)=CC2)C1. The molecule has 1 fully saturated rings. The number of rotatable bonds is 4. The third-order valence-corrected chi connectivity index (χ3v) is 5.44. The lowest BCUT2D eigenvalue weighted by atomic mass is 9.70. The van der Waals surface area contributed by atoms with Crippen LogP contribution in [0.25, 0.3) is 11.3 Å². The number of amides is 1. The Morgan fingerprint density at radius 1 is 1.15 bits per heavy atom. The van der Waals surface area contributed by atoms with Crippen molar-refractivity contribution in [1.29, 1.82) is 0 Å². The van der Waals surface area contributed by atoms with Gasteiger partial charge in [-0.1, -0.05) is 6.08 Å². The predicted molar refractivity (Wildman–Crippen MR) is 96.5 cm³/mol. The molecule has 0 bridgehead atoms. The van der Waals surface area contributed by atoms with Gasteiger partial charge in [-0.15, -0.1) is 0 Å². The zero-order valence-corrected chi connectivity index (χ0v) is 14.2. The van der Waals surface area contributed by atoms with Gasteiger partial charge in [-0.25, -0.2) is 8.78 Å². The second-order valence-corrected chi connectivity index (χ2v) is 7.12. The molecule has 134 valence electrons. The number of hydrogen-bond donors (Lipinski definition) is 2. The largest absolute Gasteiger partial charge is 0.369 e. The van der Waals surface area contributed by atoms with Crippen LogP contribution in [0.5, 0.6) is 0 Å². The maximum Gasteiger partial charge on any atom is 0.220 e. The summed E-state index contributed by atoms with van der Waals surface area (Å²) in [6.07, 6.45) is 7.00. The van der Waals surface area contributed by atoms with Gasteiger partial charge in [-0.3, -0.25) is 4.79 Å². The minimum Gasteiger partial charge on any atom is -0.369 e. The summed E-state index contributed by atoms with van der Waals surface area (Å²) < 4.78 is 26.6. The zero-order chi connectivity index (χ0) is 18.3. The first-order chi connectivity index (χ1) is 12.5. The Labute approximate surface area is 150 Å². The van der Waals surface area contributed by atoms with Gasteiger partial charge in [0, 0.05) is 23.2 Å². The number of carbonyl (C=O) groups excluding carboxylic acids is 1. The van der Waals surface area contributed by atoms with Crippen molar-refractivity contribution < 1.29 is 13.6 Å². The van der Waals surface area contributed by atoms with E-state index >= 15 is 0 Å². The van der Waals surface area contributed by atoms with Gasteiger partial charge in [-0.2, -0.15) is 0 Å². The number of benzene rings is 1. The fraction of sp³-hybridized carbons (Fsp3) is 0.286. The highest BCUT2D eigenvalue weighted by Gasteiger charge is 2.36. The van der Waals surface area contributed by atoms with Crippen LogP contribution in [0.15, 0.2) is 54.4 Å². The average molecular weight is 354 g/mol. The summed E-state index contributed by atoms with van der Waals surface area (Å²) in [5.41, 5.74) is 9.38. The Morgan fingerprint density at radius 2 is 1.88 bits per heavy atom. The Bertz CT molecular complexity index is 889. The quantitative estimate of drug-likeness (QED) is 0.822. The summed E-state index contributed by atoms with van der Waals surface area (Å²) in [7, 11) is 0. The molecule has 2 aromatic rings. The number of aromatic amines is 1. The van der Waals surface area contributed by atoms with Gasteiger partial charge in [0.1, 0.15) is 11.6 Å². The molecule has 0 spiro atoms. The second-order valence-electron chi connectivity index (χ2n) is 7.12. The Hall–Kier alpha value is -2.69. The molecule has 1 saturated carbocycles. The third kappa shape index (κ3) is 3.09. The summed E-state index contributed by atoms with van der Waals surface area (Å²) in [4.78, 5) is 14.8. The van der Waals surface area contributed by atoms with Gasteiger partial charge in [0.25, 0.3) is 0 Å². The van der Waals surface area contributed by atoms with E-state index in [1.54, 1.807) is 18.2 Å². The van der Waals surface area contributed by atoms with Gasteiger partial charge >= 0.3 is 0 Å². The van der Waals surface area contributed by atoms with Gasteiger partial charge < -0.3 is 10.7 Å². The maximum absolute atomic E-state index is 13.3. The monoisotopic (exact) mass is 354 g/mol.